The van der Waals surface area contributed by atoms with E-state index in [1.165, 1.54) is 0 Å². The number of para-hydroxylation sites is 2. The van der Waals surface area contributed by atoms with Gasteiger partial charge in [-0.15, -0.1) is 0 Å². The highest BCUT2D eigenvalue weighted by atomic mass is 16.1. The molecule has 1 aromatic carbocycles. The molecule has 2 rings (SSSR count). The van der Waals surface area contributed by atoms with Crippen molar-refractivity contribution >= 4 is 16.9 Å². The molecule has 102 valence electrons. The van der Waals surface area contributed by atoms with E-state index >= 15 is 0 Å². The van der Waals surface area contributed by atoms with Crippen LogP contribution in [0.2, 0.25) is 0 Å². The maximum absolute atomic E-state index is 11.3. The largest absolute Gasteiger partial charge is 0.356 e. The molecule has 5 heteroatoms. The molecule has 1 heterocycles. The first kappa shape index (κ1) is 13.5. The minimum atomic E-state index is 0.0833. The van der Waals surface area contributed by atoms with Crippen LogP contribution in [-0.4, -0.2) is 28.5 Å². The second-order valence-electron chi connectivity index (χ2n) is 4.46. The van der Waals surface area contributed by atoms with E-state index in [1.807, 2.05) is 32.2 Å². The number of fused-ring (bicyclic) bond motifs is 1. The SMILES string of the molecule is CCNC(=O)CCNCc1nc2ccccc2n1C. The van der Waals surface area contributed by atoms with Crippen molar-refractivity contribution in [2.75, 3.05) is 13.1 Å². The zero-order valence-electron chi connectivity index (χ0n) is 11.4. The summed E-state index contributed by atoms with van der Waals surface area (Å²) < 4.78 is 2.08. The highest BCUT2D eigenvalue weighted by molar-refractivity contribution is 5.76. The fraction of sp³-hybridized carbons (Fsp3) is 0.429. The molecule has 2 aromatic rings. The standard InChI is InChI=1S/C14H20N4O/c1-3-16-14(19)8-9-15-10-13-17-11-6-4-5-7-12(11)18(13)2/h4-7,15H,3,8-10H2,1-2H3,(H,16,19). The van der Waals surface area contributed by atoms with E-state index in [0.29, 0.717) is 26.1 Å². The normalized spacial score (nSPS) is 10.8. The first-order valence-corrected chi connectivity index (χ1v) is 6.60. The lowest BCUT2D eigenvalue weighted by molar-refractivity contribution is -0.120. The summed E-state index contributed by atoms with van der Waals surface area (Å²) >= 11 is 0. The fourth-order valence-electron chi connectivity index (χ4n) is 2.04. The summed E-state index contributed by atoms with van der Waals surface area (Å²) in [4.78, 5) is 15.9. The maximum atomic E-state index is 11.3. The Kier molecular flexibility index (Phi) is 4.52. The Morgan fingerprint density at radius 1 is 1.37 bits per heavy atom. The van der Waals surface area contributed by atoms with Gasteiger partial charge in [-0.2, -0.15) is 0 Å². The minimum Gasteiger partial charge on any atom is -0.356 e. The van der Waals surface area contributed by atoms with Crippen molar-refractivity contribution in [3.8, 4) is 0 Å². The highest BCUT2D eigenvalue weighted by Gasteiger charge is 2.06. The Labute approximate surface area is 113 Å². The number of aromatic nitrogens is 2. The summed E-state index contributed by atoms with van der Waals surface area (Å²) in [7, 11) is 2.01. The molecule has 0 saturated heterocycles. The first-order valence-electron chi connectivity index (χ1n) is 6.60. The highest BCUT2D eigenvalue weighted by Crippen LogP contribution is 2.13. The molecule has 0 aliphatic rings. The monoisotopic (exact) mass is 260 g/mol. The summed E-state index contributed by atoms with van der Waals surface area (Å²) in [6.45, 7) is 3.94. The number of hydrogen-bond donors (Lipinski definition) is 2. The Hall–Kier alpha value is -1.88. The summed E-state index contributed by atoms with van der Waals surface area (Å²) in [5, 5.41) is 6.03. The van der Waals surface area contributed by atoms with Crippen LogP contribution in [0.15, 0.2) is 24.3 Å². The van der Waals surface area contributed by atoms with Crippen LogP contribution in [-0.2, 0) is 18.4 Å². The van der Waals surface area contributed by atoms with Gasteiger partial charge in [0.15, 0.2) is 0 Å². The van der Waals surface area contributed by atoms with Gasteiger partial charge in [-0.05, 0) is 19.1 Å². The average molecular weight is 260 g/mol. The van der Waals surface area contributed by atoms with Gasteiger partial charge in [-0.1, -0.05) is 12.1 Å². The van der Waals surface area contributed by atoms with Gasteiger partial charge in [0.1, 0.15) is 5.82 Å². The summed E-state index contributed by atoms with van der Waals surface area (Å²) in [6.07, 6.45) is 0.498. The van der Waals surface area contributed by atoms with Crippen molar-refractivity contribution < 1.29 is 4.79 Å². The van der Waals surface area contributed by atoms with Crippen molar-refractivity contribution in [2.24, 2.45) is 7.05 Å². The molecule has 0 atom stereocenters. The van der Waals surface area contributed by atoms with E-state index in [9.17, 15) is 4.79 Å². The molecule has 0 fully saturated rings. The third-order valence-corrected chi connectivity index (χ3v) is 3.07. The predicted octanol–water partition coefficient (Wildman–Crippen LogP) is 1.19. The summed E-state index contributed by atoms with van der Waals surface area (Å²) in [6, 6.07) is 8.06. The number of nitrogens with zero attached hydrogens (tertiary/aromatic N) is 2. The van der Waals surface area contributed by atoms with Crippen LogP contribution >= 0.6 is 0 Å². The molecule has 1 aromatic heterocycles. The molecule has 0 unspecified atom stereocenters. The van der Waals surface area contributed by atoms with E-state index in [-0.39, 0.29) is 5.91 Å². The number of aryl methyl sites for hydroxylation is 1. The van der Waals surface area contributed by atoms with Crippen LogP contribution in [0, 0.1) is 0 Å². The summed E-state index contributed by atoms with van der Waals surface area (Å²) in [5.74, 6) is 1.07. The van der Waals surface area contributed by atoms with Crippen LogP contribution < -0.4 is 10.6 Å². The van der Waals surface area contributed by atoms with Crippen molar-refractivity contribution in [1.82, 2.24) is 20.2 Å². The van der Waals surface area contributed by atoms with E-state index < -0.39 is 0 Å². The van der Waals surface area contributed by atoms with E-state index in [1.54, 1.807) is 0 Å². The number of carbonyl (C=O) groups excluding carboxylic acids is 1. The number of benzene rings is 1. The second-order valence-corrected chi connectivity index (χ2v) is 4.46. The molecular weight excluding hydrogens is 240 g/mol. The van der Waals surface area contributed by atoms with E-state index in [4.69, 9.17) is 0 Å². The Morgan fingerprint density at radius 2 is 2.16 bits per heavy atom. The average Bonchev–Trinajstić information content (AvgIpc) is 2.73. The van der Waals surface area contributed by atoms with Crippen LogP contribution in [0.25, 0.3) is 11.0 Å². The van der Waals surface area contributed by atoms with Gasteiger partial charge in [-0.25, -0.2) is 4.98 Å². The molecule has 19 heavy (non-hydrogen) atoms. The van der Waals surface area contributed by atoms with Gasteiger partial charge in [0.25, 0.3) is 0 Å². The quantitative estimate of drug-likeness (QED) is 0.767. The molecule has 0 aliphatic carbocycles. The van der Waals surface area contributed by atoms with Gasteiger partial charge in [0, 0.05) is 26.6 Å². The number of hydrogen-bond acceptors (Lipinski definition) is 3. The van der Waals surface area contributed by atoms with Crippen molar-refractivity contribution in [2.45, 2.75) is 19.9 Å². The van der Waals surface area contributed by atoms with Crippen molar-refractivity contribution in [1.29, 1.82) is 0 Å². The zero-order valence-corrected chi connectivity index (χ0v) is 11.4. The van der Waals surface area contributed by atoms with E-state index in [2.05, 4.69) is 26.3 Å². The number of amides is 1. The molecule has 5 nitrogen and oxygen atoms in total. The number of nitrogens with one attached hydrogen (secondary N) is 2. The van der Waals surface area contributed by atoms with E-state index in [0.717, 1.165) is 16.9 Å². The third-order valence-electron chi connectivity index (χ3n) is 3.07. The lowest BCUT2D eigenvalue weighted by Crippen LogP contribution is -2.27. The lowest BCUT2D eigenvalue weighted by Gasteiger charge is -2.05. The second kappa shape index (κ2) is 6.33. The molecule has 0 saturated carbocycles. The van der Waals surface area contributed by atoms with Crippen LogP contribution in [0.5, 0.6) is 0 Å². The topological polar surface area (TPSA) is 59.0 Å². The maximum Gasteiger partial charge on any atom is 0.221 e. The zero-order chi connectivity index (χ0) is 13.7. The number of rotatable bonds is 6. The van der Waals surface area contributed by atoms with Gasteiger partial charge < -0.3 is 15.2 Å². The Morgan fingerprint density at radius 3 is 2.89 bits per heavy atom. The molecule has 1 amide bonds. The van der Waals surface area contributed by atoms with Crippen LogP contribution in [0.4, 0.5) is 0 Å². The predicted molar refractivity (Wildman–Crippen MR) is 75.7 cm³/mol. The van der Waals surface area contributed by atoms with Crippen LogP contribution in [0.3, 0.4) is 0 Å². The van der Waals surface area contributed by atoms with Crippen molar-refractivity contribution in [3.63, 3.8) is 0 Å². The Balaban J connectivity index is 1.88. The summed E-state index contributed by atoms with van der Waals surface area (Å²) in [5.41, 5.74) is 2.13. The van der Waals surface area contributed by atoms with Gasteiger partial charge >= 0.3 is 0 Å². The molecule has 0 aliphatic heterocycles. The molecule has 0 spiro atoms. The lowest BCUT2D eigenvalue weighted by atomic mass is 10.3. The minimum absolute atomic E-state index is 0.0833. The third kappa shape index (κ3) is 3.32. The molecule has 0 radical (unpaired) electrons. The van der Waals surface area contributed by atoms with Crippen molar-refractivity contribution in [3.05, 3.63) is 30.1 Å². The molecule has 0 bridgehead atoms. The fourth-order valence-corrected chi connectivity index (χ4v) is 2.04. The van der Waals surface area contributed by atoms with Gasteiger partial charge in [0.2, 0.25) is 5.91 Å². The smallest absolute Gasteiger partial charge is 0.221 e. The van der Waals surface area contributed by atoms with Gasteiger partial charge in [-0.3, -0.25) is 4.79 Å². The van der Waals surface area contributed by atoms with Gasteiger partial charge in [0.05, 0.1) is 17.6 Å². The number of imidazole rings is 1. The van der Waals surface area contributed by atoms with Crippen LogP contribution in [0.1, 0.15) is 19.2 Å². The molecular formula is C14H20N4O. The first-order chi connectivity index (χ1) is 9.22. The molecule has 2 N–H and O–H groups in total. The number of carbonyl (C=O) groups is 1. The Bertz CT molecular complexity index is 562.